The fourth-order valence-electron chi connectivity index (χ4n) is 1.69. The predicted molar refractivity (Wildman–Crippen MR) is 58.8 cm³/mol. The highest BCUT2D eigenvalue weighted by atomic mass is 16.1. The van der Waals surface area contributed by atoms with Crippen LogP contribution < -0.4 is 0 Å². The second kappa shape index (κ2) is 3.69. The van der Waals surface area contributed by atoms with E-state index >= 15 is 0 Å². The summed E-state index contributed by atoms with van der Waals surface area (Å²) in [5, 5.41) is 4.08. The number of aryl methyl sites for hydroxylation is 2. The molecule has 2 aromatic rings. The van der Waals surface area contributed by atoms with Gasteiger partial charge in [-0.25, -0.2) is 0 Å². The van der Waals surface area contributed by atoms with Gasteiger partial charge in [0, 0.05) is 12.6 Å². The lowest BCUT2D eigenvalue weighted by atomic mass is 10.1. The zero-order valence-electron chi connectivity index (χ0n) is 8.77. The maximum atomic E-state index is 10.8. The molecular formula is C12H12N2O. The van der Waals surface area contributed by atoms with Crippen LogP contribution in [0, 0.1) is 6.92 Å². The Kier molecular flexibility index (Phi) is 2.37. The number of carbonyl (C=O) groups is 1. The Bertz CT molecular complexity index is 500. The Balaban J connectivity index is 2.62. The highest BCUT2D eigenvalue weighted by molar-refractivity contribution is 5.85. The van der Waals surface area contributed by atoms with Gasteiger partial charge in [-0.2, -0.15) is 5.10 Å². The molecule has 3 nitrogen and oxygen atoms in total. The van der Waals surface area contributed by atoms with Crippen LogP contribution in [0.25, 0.3) is 11.3 Å². The normalized spacial score (nSPS) is 10.3. The van der Waals surface area contributed by atoms with Crippen molar-refractivity contribution in [2.75, 3.05) is 0 Å². The van der Waals surface area contributed by atoms with Gasteiger partial charge < -0.3 is 0 Å². The van der Waals surface area contributed by atoms with Gasteiger partial charge in [-0.1, -0.05) is 23.8 Å². The molecule has 0 fully saturated rings. The summed E-state index contributed by atoms with van der Waals surface area (Å²) in [6.45, 7) is 2.03. The van der Waals surface area contributed by atoms with Gasteiger partial charge in [-0.15, -0.1) is 0 Å². The molecule has 0 radical (unpaired) electrons. The molecular weight excluding hydrogens is 188 g/mol. The molecule has 0 aliphatic heterocycles. The Hall–Kier alpha value is -1.90. The van der Waals surface area contributed by atoms with Gasteiger partial charge in [0.1, 0.15) is 0 Å². The van der Waals surface area contributed by atoms with E-state index in [0.717, 1.165) is 17.5 Å². The quantitative estimate of drug-likeness (QED) is 0.696. The largest absolute Gasteiger partial charge is 0.298 e. The Morgan fingerprint density at radius 3 is 2.87 bits per heavy atom. The van der Waals surface area contributed by atoms with Crippen molar-refractivity contribution >= 4 is 6.29 Å². The molecule has 0 aliphatic carbocycles. The number of aldehydes is 1. The van der Waals surface area contributed by atoms with E-state index < -0.39 is 0 Å². The standard InChI is InChI=1S/C12H12N2O/c1-9-4-3-5-10(6-9)12-11(8-15)7-13-14(12)2/h3-8H,1-2H3. The summed E-state index contributed by atoms with van der Waals surface area (Å²) in [4.78, 5) is 10.8. The van der Waals surface area contributed by atoms with Crippen LogP contribution in [0.2, 0.25) is 0 Å². The van der Waals surface area contributed by atoms with Crippen LogP contribution in [0.3, 0.4) is 0 Å². The molecule has 0 atom stereocenters. The van der Waals surface area contributed by atoms with Crippen molar-refractivity contribution in [3.05, 3.63) is 41.6 Å². The number of carbonyl (C=O) groups excluding carboxylic acids is 1. The number of hydrogen-bond donors (Lipinski definition) is 0. The molecule has 0 unspecified atom stereocenters. The van der Waals surface area contributed by atoms with Crippen LogP contribution in [-0.4, -0.2) is 16.1 Å². The van der Waals surface area contributed by atoms with Crippen molar-refractivity contribution in [1.29, 1.82) is 0 Å². The van der Waals surface area contributed by atoms with Crippen LogP contribution in [0.4, 0.5) is 0 Å². The fraction of sp³-hybridized carbons (Fsp3) is 0.167. The molecule has 0 amide bonds. The Labute approximate surface area is 88.4 Å². The second-order valence-electron chi connectivity index (χ2n) is 3.56. The Morgan fingerprint density at radius 1 is 1.40 bits per heavy atom. The number of benzene rings is 1. The summed E-state index contributed by atoms with van der Waals surface area (Å²) in [5.74, 6) is 0. The van der Waals surface area contributed by atoms with E-state index in [0.29, 0.717) is 5.56 Å². The average molecular weight is 200 g/mol. The first-order chi connectivity index (χ1) is 7.22. The smallest absolute Gasteiger partial charge is 0.153 e. The summed E-state index contributed by atoms with van der Waals surface area (Å²) in [5.41, 5.74) is 3.69. The van der Waals surface area contributed by atoms with Crippen molar-refractivity contribution in [1.82, 2.24) is 9.78 Å². The average Bonchev–Trinajstić information content (AvgIpc) is 2.59. The molecule has 0 bridgehead atoms. The first-order valence-electron chi connectivity index (χ1n) is 4.76. The van der Waals surface area contributed by atoms with E-state index in [1.54, 1.807) is 10.9 Å². The van der Waals surface area contributed by atoms with Crippen LogP contribution in [0.1, 0.15) is 15.9 Å². The molecule has 2 rings (SSSR count). The van der Waals surface area contributed by atoms with E-state index in [1.807, 2.05) is 38.2 Å². The summed E-state index contributed by atoms with van der Waals surface area (Å²) >= 11 is 0. The van der Waals surface area contributed by atoms with E-state index in [9.17, 15) is 4.79 Å². The van der Waals surface area contributed by atoms with Gasteiger partial charge >= 0.3 is 0 Å². The molecule has 1 aromatic heterocycles. The minimum Gasteiger partial charge on any atom is -0.298 e. The summed E-state index contributed by atoms with van der Waals surface area (Å²) in [7, 11) is 1.84. The number of nitrogens with zero attached hydrogens (tertiary/aromatic N) is 2. The second-order valence-corrected chi connectivity index (χ2v) is 3.56. The third-order valence-electron chi connectivity index (χ3n) is 2.39. The molecule has 76 valence electrons. The maximum Gasteiger partial charge on any atom is 0.153 e. The first-order valence-corrected chi connectivity index (χ1v) is 4.76. The van der Waals surface area contributed by atoms with Gasteiger partial charge in [0.05, 0.1) is 17.5 Å². The molecule has 3 heteroatoms. The molecule has 15 heavy (non-hydrogen) atoms. The van der Waals surface area contributed by atoms with Crippen LogP contribution >= 0.6 is 0 Å². The third kappa shape index (κ3) is 1.68. The molecule has 0 N–H and O–H groups in total. The SMILES string of the molecule is Cc1cccc(-c2c(C=O)cnn2C)c1. The molecule has 1 aromatic carbocycles. The lowest BCUT2D eigenvalue weighted by Gasteiger charge is -2.04. The van der Waals surface area contributed by atoms with Crippen molar-refractivity contribution in [2.24, 2.45) is 7.05 Å². The van der Waals surface area contributed by atoms with Crippen molar-refractivity contribution in [3.63, 3.8) is 0 Å². The van der Waals surface area contributed by atoms with E-state index in [1.165, 1.54) is 5.56 Å². The highest BCUT2D eigenvalue weighted by Crippen LogP contribution is 2.22. The lowest BCUT2D eigenvalue weighted by molar-refractivity contribution is 0.112. The van der Waals surface area contributed by atoms with Crippen LogP contribution in [0.5, 0.6) is 0 Å². The maximum absolute atomic E-state index is 10.8. The molecule has 0 saturated heterocycles. The van der Waals surface area contributed by atoms with Crippen molar-refractivity contribution < 1.29 is 4.79 Å². The molecule has 0 spiro atoms. The zero-order valence-corrected chi connectivity index (χ0v) is 8.77. The van der Waals surface area contributed by atoms with Crippen LogP contribution in [-0.2, 0) is 7.05 Å². The van der Waals surface area contributed by atoms with Crippen molar-refractivity contribution in [2.45, 2.75) is 6.92 Å². The molecule has 0 aliphatic rings. The van der Waals surface area contributed by atoms with Gasteiger partial charge in [0.2, 0.25) is 0 Å². The van der Waals surface area contributed by atoms with Gasteiger partial charge in [-0.3, -0.25) is 9.48 Å². The number of rotatable bonds is 2. The van der Waals surface area contributed by atoms with Gasteiger partial charge in [0.25, 0.3) is 0 Å². The highest BCUT2D eigenvalue weighted by Gasteiger charge is 2.09. The molecule has 0 saturated carbocycles. The topological polar surface area (TPSA) is 34.9 Å². The van der Waals surface area contributed by atoms with E-state index in [-0.39, 0.29) is 0 Å². The lowest BCUT2D eigenvalue weighted by Crippen LogP contribution is -1.95. The van der Waals surface area contributed by atoms with Gasteiger partial charge in [0.15, 0.2) is 6.29 Å². The van der Waals surface area contributed by atoms with Crippen molar-refractivity contribution in [3.8, 4) is 11.3 Å². The van der Waals surface area contributed by atoms with Crippen LogP contribution in [0.15, 0.2) is 30.5 Å². The minimum absolute atomic E-state index is 0.628. The fourth-order valence-corrected chi connectivity index (χ4v) is 1.69. The predicted octanol–water partition coefficient (Wildman–Crippen LogP) is 2.21. The summed E-state index contributed by atoms with van der Waals surface area (Å²) in [6, 6.07) is 8.04. The summed E-state index contributed by atoms with van der Waals surface area (Å²) in [6.07, 6.45) is 2.43. The number of aromatic nitrogens is 2. The zero-order chi connectivity index (χ0) is 10.8. The van der Waals surface area contributed by atoms with Gasteiger partial charge in [-0.05, 0) is 13.0 Å². The monoisotopic (exact) mass is 200 g/mol. The van der Waals surface area contributed by atoms with E-state index in [4.69, 9.17) is 0 Å². The number of hydrogen-bond acceptors (Lipinski definition) is 2. The van der Waals surface area contributed by atoms with E-state index in [2.05, 4.69) is 5.10 Å². The Morgan fingerprint density at radius 2 is 2.20 bits per heavy atom. The third-order valence-corrected chi connectivity index (χ3v) is 2.39. The molecule has 1 heterocycles. The first kappa shape index (κ1) is 9.65. The summed E-state index contributed by atoms with van der Waals surface area (Å²) < 4.78 is 1.72. The minimum atomic E-state index is 0.628.